The molecule has 0 saturated carbocycles. The van der Waals surface area contributed by atoms with Gasteiger partial charge in [0.05, 0.1) is 16.7 Å². The number of imidazole rings is 1. The molecule has 3 rings (SSSR count). The van der Waals surface area contributed by atoms with Gasteiger partial charge >= 0.3 is 0 Å². The standard InChI is InChI=1S/C15H13BrClN3/c1-20(2)14-6-3-9(7-11(14)16)15-18-12-5-4-10(17)8-13(12)19-15/h3-8H,1-2H3,(H,18,19). The van der Waals surface area contributed by atoms with Crippen LogP contribution in [0.25, 0.3) is 22.4 Å². The van der Waals surface area contributed by atoms with Crippen LogP contribution in [0.2, 0.25) is 5.02 Å². The Labute approximate surface area is 130 Å². The molecule has 0 spiro atoms. The lowest BCUT2D eigenvalue weighted by Crippen LogP contribution is -2.09. The Kier molecular flexibility index (Phi) is 3.44. The van der Waals surface area contributed by atoms with Crippen LogP contribution in [0.15, 0.2) is 40.9 Å². The minimum atomic E-state index is 0.705. The normalized spacial score (nSPS) is 11.0. The molecule has 102 valence electrons. The fourth-order valence-corrected chi connectivity index (χ4v) is 3.04. The molecule has 1 N–H and O–H groups in total. The van der Waals surface area contributed by atoms with Crippen LogP contribution in [-0.4, -0.2) is 24.1 Å². The van der Waals surface area contributed by atoms with Crippen molar-refractivity contribution in [1.82, 2.24) is 9.97 Å². The summed E-state index contributed by atoms with van der Waals surface area (Å²) in [6, 6.07) is 11.8. The highest BCUT2D eigenvalue weighted by atomic mass is 79.9. The molecule has 0 aliphatic heterocycles. The van der Waals surface area contributed by atoms with Crippen LogP contribution in [0.3, 0.4) is 0 Å². The first-order valence-corrected chi connectivity index (χ1v) is 7.34. The predicted octanol–water partition coefficient (Wildman–Crippen LogP) is 4.71. The van der Waals surface area contributed by atoms with Gasteiger partial charge in [0.25, 0.3) is 0 Å². The van der Waals surface area contributed by atoms with Gasteiger partial charge in [0.15, 0.2) is 0 Å². The summed E-state index contributed by atoms with van der Waals surface area (Å²) < 4.78 is 1.04. The van der Waals surface area contributed by atoms with Crippen molar-refractivity contribution < 1.29 is 0 Å². The fourth-order valence-electron chi connectivity index (χ4n) is 2.14. The number of fused-ring (bicyclic) bond motifs is 1. The Morgan fingerprint density at radius 1 is 1.15 bits per heavy atom. The predicted molar refractivity (Wildman–Crippen MR) is 88.6 cm³/mol. The number of H-pyrrole nitrogens is 1. The molecule has 0 saturated heterocycles. The highest BCUT2D eigenvalue weighted by molar-refractivity contribution is 9.10. The van der Waals surface area contributed by atoms with E-state index in [0.717, 1.165) is 32.6 Å². The maximum atomic E-state index is 5.99. The summed E-state index contributed by atoms with van der Waals surface area (Å²) in [7, 11) is 4.03. The number of hydrogen-bond acceptors (Lipinski definition) is 2. The van der Waals surface area contributed by atoms with E-state index in [9.17, 15) is 0 Å². The molecule has 3 aromatic rings. The smallest absolute Gasteiger partial charge is 0.138 e. The van der Waals surface area contributed by atoms with Gasteiger partial charge in [-0.15, -0.1) is 0 Å². The third-order valence-electron chi connectivity index (χ3n) is 3.15. The number of nitrogens with zero attached hydrogens (tertiary/aromatic N) is 2. The third kappa shape index (κ3) is 2.41. The maximum Gasteiger partial charge on any atom is 0.138 e. The van der Waals surface area contributed by atoms with E-state index in [1.54, 1.807) is 0 Å². The number of anilines is 1. The topological polar surface area (TPSA) is 31.9 Å². The molecule has 0 unspecified atom stereocenters. The summed E-state index contributed by atoms with van der Waals surface area (Å²) >= 11 is 9.59. The second kappa shape index (κ2) is 5.11. The molecule has 3 nitrogen and oxygen atoms in total. The lowest BCUT2D eigenvalue weighted by Gasteiger charge is -2.14. The van der Waals surface area contributed by atoms with E-state index in [1.807, 2.05) is 32.3 Å². The third-order valence-corrected chi connectivity index (χ3v) is 4.02. The monoisotopic (exact) mass is 349 g/mol. The SMILES string of the molecule is CN(C)c1ccc(-c2nc3ccc(Cl)cc3[nH]2)cc1Br. The van der Waals surface area contributed by atoms with Crippen LogP contribution in [0.4, 0.5) is 5.69 Å². The zero-order valence-corrected chi connectivity index (χ0v) is 13.5. The van der Waals surface area contributed by atoms with E-state index in [1.165, 1.54) is 0 Å². The van der Waals surface area contributed by atoms with Gasteiger partial charge in [-0.1, -0.05) is 11.6 Å². The van der Waals surface area contributed by atoms with Crippen LogP contribution >= 0.6 is 27.5 Å². The summed E-state index contributed by atoms with van der Waals surface area (Å²) in [5.74, 6) is 0.841. The van der Waals surface area contributed by atoms with E-state index in [2.05, 4.69) is 49.0 Å². The Morgan fingerprint density at radius 3 is 2.65 bits per heavy atom. The Hall–Kier alpha value is -1.52. The van der Waals surface area contributed by atoms with Crippen molar-refractivity contribution in [3.05, 3.63) is 45.9 Å². The second-order valence-corrected chi connectivity index (χ2v) is 6.10. The van der Waals surface area contributed by atoms with E-state index < -0.39 is 0 Å². The Bertz CT molecular complexity index is 780. The minimum absolute atomic E-state index is 0.705. The Morgan fingerprint density at radius 2 is 1.95 bits per heavy atom. The highest BCUT2D eigenvalue weighted by Crippen LogP contribution is 2.30. The summed E-state index contributed by atoms with van der Waals surface area (Å²) in [6.45, 7) is 0. The van der Waals surface area contributed by atoms with Crippen LogP contribution in [0.5, 0.6) is 0 Å². The molecule has 0 aliphatic carbocycles. The highest BCUT2D eigenvalue weighted by Gasteiger charge is 2.09. The number of aromatic amines is 1. The zero-order valence-electron chi connectivity index (χ0n) is 11.1. The van der Waals surface area contributed by atoms with Gasteiger partial charge in [-0.3, -0.25) is 0 Å². The van der Waals surface area contributed by atoms with E-state index in [0.29, 0.717) is 5.02 Å². The lowest BCUT2D eigenvalue weighted by molar-refractivity contribution is 1.12. The quantitative estimate of drug-likeness (QED) is 0.725. The van der Waals surface area contributed by atoms with Gasteiger partial charge in [-0.25, -0.2) is 4.98 Å². The molecular formula is C15H13BrClN3. The molecule has 0 bridgehead atoms. The van der Waals surface area contributed by atoms with Gasteiger partial charge in [0.2, 0.25) is 0 Å². The molecule has 20 heavy (non-hydrogen) atoms. The first-order valence-electron chi connectivity index (χ1n) is 6.17. The lowest BCUT2D eigenvalue weighted by atomic mass is 10.2. The Balaban J connectivity index is 2.08. The molecule has 1 aromatic heterocycles. The van der Waals surface area contributed by atoms with Gasteiger partial charge < -0.3 is 9.88 Å². The van der Waals surface area contributed by atoms with Crippen LogP contribution in [0.1, 0.15) is 0 Å². The van der Waals surface area contributed by atoms with Crippen LogP contribution < -0.4 is 4.90 Å². The summed E-state index contributed by atoms with van der Waals surface area (Å²) in [5, 5.41) is 0.705. The van der Waals surface area contributed by atoms with Gasteiger partial charge in [0.1, 0.15) is 5.82 Å². The second-order valence-electron chi connectivity index (χ2n) is 4.81. The van der Waals surface area contributed by atoms with Crippen molar-refractivity contribution in [3.63, 3.8) is 0 Å². The first-order chi connectivity index (χ1) is 9.54. The number of nitrogens with one attached hydrogen (secondary N) is 1. The first kappa shape index (κ1) is 13.5. The number of aromatic nitrogens is 2. The fraction of sp³-hybridized carbons (Fsp3) is 0.133. The zero-order chi connectivity index (χ0) is 14.3. The van der Waals surface area contributed by atoms with Gasteiger partial charge in [-0.2, -0.15) is 0 Å². The molecule has 0 radical (unpaired) electrons. The molecule has 5 heteroatoms. The van der Waals surface area contributed by atoms with E-state index in [-0.39, 0.29) is 0 Å². The number of hydrogen-bond donors (Lipinski definition) is 1. The van der Waals surface area contributed by atoms with Crippen LogP contribution in [-0.2, 0) is 0 Å². The molecule has 0 atom stereocenters. The van der Waals surface area contributed by atoms with Crippen molar-refractivity contribution in [3.8, 4) is 11.4 Å². The van der Waals surface area contributed by atoms with Crippen molar-refractivity contribution in [2.24, 2.45) is 0 Å². The summed E-state index contributed by atoms with van der Waals surface area (Å²) in [4.78, 5) is 9.95. The van der Waals surface area contributed by atoms with Gasteiger partial charge in [0, 0.05) is 29.2 Å². The van der Waals surface area contributed by atoms with Gasteiger partial charge in [-0.05, 0) is 52.3 Å². The minimum Gasteiger partial charge on any atom is -0.377 e. The molecule has 0 fully saturated rings. The molecule has 0 aliphatic rings. The van der Waals surface area contributed by atoms with Crippen molar-refractivity contribution in [2.45, 2.75) is 0 Å². The summed E-state index contributed by atoms with van der Waals surface area (Å²) in [5.41, 5.74) is 4.03. The maximum absolute atomic E-state index is 5.99. The van der Waals surface area contributed by atoms with Crippen molar-refractivity contribution in [2.75, 3.05) is 19.0 Å². The van der Waals surface area contributed by atoms with E-state index >= 15 is 0 Å². The van der Waals surface area contributed by atoms with Crippen LogP contribution in [0, 0.1) is 0 Å². The largest absolute Gasteiger partial charge is 0.377 e. The molecule has 0 amide bonds. The van der Waals surface area contributed by atoms with E-state index in [4.69, 9.17) is 11.6 Å². The molecular weight excluding hydrogens is 338 g/mol. The van der Waals surface area contributed by atoms with Crippen molar-refractivity contribution in [1.29, 1.82) is 0 Å². The number of benzene rings is 2. The average Bonchev–Trinajstić information content (AvgIpc) is 2.81. The molecule has 1 heterocycles. The summed E-state index contributed by atoms with van der Waals surface area (Å²) in [6.07, 6.45) is 0. The molecule has 2 aromatic carbocycles. The number of rotatable bonds is 2. The van der Waals surface area contributed by atoms with Crippen molar-refractivity contribution >= 4 is 44.3 Å². The number of halogens is 2. The average molecular weight is 351 g/mol.